The van der Waals surface area contributed by atoms with Gasteiger partial charge in [-0.3, -0.25) is 10.2 Å². The number of hydrogen-bond acceptors (Lipinski definition) is 4. The number of methoxy groups -OCH3 is 1. The third-order valence-corrected chi connectivity index (χ3v) is 2.79. The molecule has 18 heavy (non-hydrogen) atoms. The number of amides is 1. The maximum absolute atomic E-state index is 11.3. The molecule has 0 saturated heterocycles. The zero-order valence-corrected chi connectivity index (χ0v) is 11.1. The van der Waals surface area contributed by atoms with Gasteiger partial charge in [0, 0.05) is 19.0 Å². The third-order valence-electron chi connectivity index (χ3n) is 2.79. The molecule has 0 saturated carbocycles. The number of carbonyl (C=O) groups is 1. The first kappa shape index (κ1) is 14.5. The van der Waals surface area contributed by atoms with E-state index in [1.807, 2.05) is 38.2 Å². The summed E-state index contributed by atoms with van der Waals surface area (Å²) < 4.78 is 5.10. The minimum atomic E-state index is -0.142. The lowest BCUT2D eigenvalue weighted by molar-refractivity contribution is -0.125. The number of hydrazine groups is 1. The average Bonchev–Trinajstić information content (AvgIpc) is 2.38. The average molecular weight is 251 g/mol. The monoisotopic (exact) mass is 251 g/mol. The Bertz CT molecular complexity index is 378. The first-order chi connectivity index (χ1) is 8.56. The highest BCUT2D eigenvalue weighted by Crippen LogP contribution is 2.13. The number of nitrogens with one attached hydrogen (secondary N) is 1. The maximum atomic E-state index is 11.3. The zero-order valence-electron chi connectivity index (χ0n) is 11.1. The van der Waals surface area contributed by atoms with Crippen molar-refractivity contribution in [2.75, 3.05) is 20.7 Å². The second-order valence-electron chi connectivity index (χ2n) is 4.45. The summed E-state index contributed by atoms with van der Waals surface area (Å²) >= 11 is 0. The van der Waals surface area contributed by atoms with E-state index in [-0.39, 0.29) is 11.8 Å². The first-order valence-electron chi connectivity index (χ1n) is 5.88. The molecule has 0 bridgehead atoms. The Hall–Kier alpha value is -1.59. The van der Waals surface area contributed by atoms with Crippen LogP contribution in [0.2, 0.25) is 0 Å². The molecule has 0 aromatic heterocycles. The van der Waals surface area contributed by atoms with Gasteiger partial charge < -0.3 is 9.64 Å². The van der Waals surface area contributed by atoms with E-state index in [1.54, 1.807) is 7.11 Å². The molecule has 1 aromatic rings. The largest absolute Gasteiger partial charge is 0.497 e. The lowest BCUT2D eigenvalue weighted by atomic mass is 10.1. The SMILES string of the molecule is COc1ccc(CN(C)CC(C)C(=O)NN)cc1. The number of carbonyl (C=O) groups excluding carboxylic acids is 1. The van der Waals surface area contributed by atoms with Crippen molar-refractivity contribution < 1.29 is 9.53 Å². The van der Waals surface area contributed by atoms with Gasteiger partial charge in [0.05, 0.1) is 7.11 Å². The highest BCUT2D eigenvalue weighted by atomic mass is 16.5. The van der Waals surface area contributed by atoms with Crippen LogP contribution in [0.5, 0.6) is 5.75 Å². The van der Waals surface area contributed by atoms with E-state index in [2.05, 4.69) is 10.3 Å². The Kier molecular flexibility index (Phi) is 5.61. The predicted octanol–water partition coefficient (Wildman–Crippen LogP) is 0.753. The highest BCUT2D eigenvalue weighted by molar-refractivity contribution is 5.77. The predicted molar refractivity (Wildman–Crippen MR) is 70.8 cm³/mol. The molecule has 0 fully saturated rings. The van der Waals surface area contributed by atoms with Crippen LogP contribution in [-0.4, -0.2) is 31.5 Å². The fourth-order valence-electron chi connectivity index (χ4n) is 1.80. The Morgan fingerprint density at radius 2 is 2.06 bits per heavy atom. The van der Waals surface area contributed by atoms with Crippen LogP contribution in [0, 0.1) is 5.92 Å². The van der Waals surface area contributed by atoms with E-state index in [9.17, 15) is 4.79 Å². The van der Waals surface area contributed by atoms with Crippen LogP contribution in [0.4, 0.5) is 0 Å². The van der Waals surface area contributed by atoms with Gasteiger partial charge in [0.15, 0.2) is 0 Å². The third kappa shape index (κ3) is 4.35. The van der Waals surface area contributed by atoms with Crippen LogP contribution in [0.15, 0.2) is 24.3 Å². The molecule has 0 aliphatic rings. The minimum absolute atomic E-state index is 0.127. The summed E-state index contributed by atoms with van der Waals surface area (Å²) in [7, 11) is 3.62. The molecular weight excluding hydrogens is 230 g/mol. The van der Waals surface area contributed by atoms with Crippen LogP contribution >= 0.6 is 0 Å². The highest BCUT2D eigenvalue weighted by Gasteiger charge is 2.13. The standard InChI is InChI=1S/C13H21N3O2/c1-10(13(17)15-14)8-16(2)9-11-4-6-12(18-3)7-5-11/h4-7,10H,8-9,14H2,1-3H3,(H,15,17). The smallest absolute Gasteiger partial charge is 0.237 e. The molecule has 1 amide bonds. The fraction of sp³-hybridized carbons (Fsp3) is 0.462. The second kappa shape index (κ2) is 6.98. The summed E-state index contributed by atoms with van der Waals surface area (Å²) in [5.41, 5.74) is 3.35. The van der Waals surface area contributed by atoms with E-state index >= 15 is 0 Å². The van der Waals surface area contributed by atoms with Crippen molar-refractivity contribution in [3.8, 4) is 5.75 Å². The van der Waals surface area contributed by atoms with Crippen molar-refractivity contribution >= 4 is 5.91 Å². The Morgan fingerprint density at radius 3 is 2.56 bits per heavy atom. The van der Waals surface area contributed by atoms with Gasteiger partial charge in [0.1, 0.15) is 5.75 Å². The summed E-state index contributed by atoms with van der Waals surface area (Å²) in [4.78, 5) is 13.4. The molecule has 1 atom stereocenters. The molecule has 3 N–H and O–H groups in total. The van der Waals surface area contributed by atoms with Gasteiger partial charge in [-0.05, 0) is 24.7 Å². The van der Waals surface area contributed by atoms with Gasteiger partial charge in [0.25, 0.3) is 0 Å². The molecule has 1 unspecified atom stereocenters. The quantitative estimate of drug-likeness (QED) is 0.445. The van der Waals surface area contributed by atoms with Crippen molar-refractivity contribution in [1.29, 1.82) is 0 Å². The van der Waals surface area contributed by atoms with E-state index < -0.39 is 0 Å². The lowest BCUT2D eigenvalue weighted by Gasteiger charge is -2.20. The van der Waals surface area contributed by atoms with Crippen LogP contribution in [0.1, 0.15) is 12.5 Å². The van der Waals surface area contributed by atoms with Gasteiger partial charge in [-0.2, -0.15) is 0 Å². The van der Waals surface area contributed by atoms with E-state index in [1.165, 1.54) is 5.56 Å². The molecule has 0 aliphatic heterocycles. The van der Waals surface area contributed by atoms with Crippen LogP contribution in [0.25, 0.3) is 0 Å². The lowest BCUT2D eigenvalue weighted by Crippen LogP contribution is -2.39. The summed E-state index contributed by atoms with van der Waals surface area (Å²) in [5, 5.41) is 0. The number of ether oxygens (including phenoxy) is 1. The first-order valence-corrected chi connectivity index (χ1v) is 5.88. The zero-order chi connectivity index (χ0) is 13.5. The summed E-state index contributed by atoms with van der Waals surface area (Å²) in [6, 6.07) is 7.89. The maximum Gasteiger partial charge on any atom is 0.237 e. The molecule has 0 radical (unpaired) electrons. The molecular formula is C13H21N3O2. The Labute approximate surface area is 108 Å². The van der Waals surface area contributed by atoms with Gasteiger partial charge in [-0.15, -0.1) is 0 Å². The minimum Gasteiger partial charge on any atom is -0.497 e. The molecule has 0 spiro atoms. The Morgan fingerprint density at radius 1 is 1.44 bits per heavy atom. The van der Waals surface area contributed by atoms with E-state index in [4.69, 9.17) is 10.6 Å². The summed E-state index contributed by atoms with van der Waals surface area (Å²) in [6.07, 6.45) is 0. The van der Waals surface area contributed by atoms with Crippen molar-refractivity contribution in [3.63, 3.8) is 0 Å². The number of hydrogen-bond donors (Lipinski definition) is 2. The normalized spacial score (nSPS) is 12.3. The van der Waals surface area contributed by atoms with E-state index in [0.717, 1.165) is 12.3 Å². The van der Waals surface area contributed by atoms with Crippen molar-refractivity contribution in [2.24, 2.45) is 11.8 Å². The summed E-state index contributed by atoms with van der Waals surface area (Å²) in [6.45, 7) is 3.30. The van der Waals surface area contributed by atoms with Crippen molar-refractivity contribution in [1.82, 2.24) is 10.3 Å². The molecule has 0 aliphatic carbocycles. The number of rotatable bonds is 6. The number of benzene rings is 1. The van der Waals surface area contributed by atoms with Crippen LogP contribution < -0.4 is 16.0 Å². The van der Waals surface area contributed by atoms with Crippen molar-refractivity contribution in [2.45, 2.75) is 13.5 Å². The molecule has 0 heterocycles. The molecule has 5 nitrogen and oxygen atoms in total. The second-order valence-corrected chi connectivity index (χ2v) is 4.45. The van der Waals surface area contributed by atoms with Gasteiger partial charge in [-0.1, -0.05) is 19.1 Å². The van der Waals surface area contributed by atoms with Gasteiger partial charge in [-0.25, -0.2) is 5.84 Å². The molecule has 100 valence electrons. The number of nitrogens with zero attached hydrogens (tertiary/aromatic N) is 1. The molecule has 5 heteroatoms. The topological polar surface area (TPSA) is 67.6 Å². The van der Waals surface area contributed by atoms with Crippen LogP contribution in [0.3, 0.4) is 0 Å². The van der Waals surface area contributed by atoms with Gasteiger partial charge in [0.2, 0.25) is 5.91 Å². The molecule has 1 aromatic carbocycles. The van der Waals surface area contributed by atoms with E-state index in [0.29, 0.717) is 6.54 Å². The number of nitrogens with two attached hydrogens (primary N) is 1. The molecule has 1 rings (SSSR count). The van der Waals surface area contributed by atoms with Crippen molar-refractivity contribution in [3.05, 3.63) is 29.8 Å². The van der Waals surface area contributed by atoms with Gasteiger partial charge >= 0.3 is 0 Å². The Balaban J connectivity index is 2.48. The van der Waals surface area contributed by atoms with Crippen LogP contribution in [-0.2, 0) is 11.3 Å². The fourth-order valence-corrected chi connectivity index (χ4v) is 1.80. The summed E-state index contributed by atoms with van der Waals surface area (Å²) in [5.74, 6) is 5.68.